The quantitative estimate of drug-likeness (QED) is 0.200. The zero-order valence-corrected chi connectivity index (χ0v) is 21.8. The third-order valence-corrected chi connectivity index (χ3v) is 7.77. The molecule has 0 aliphatic rings. The number of benzene rings is 3. The zero-order valence-electron chi connectivity index (χ0n) is 21.8. The Kier molecular flexibility index (Phi) is 6.88. The highest BCUT2D eigenvalue weighted by Gasteiger charge is 2.30. The summed E-state index contributed by atoms with van der Waals surface area (Å²) < 4.78 is 0. The largest absolute Gasteiger partial charge is 0.382 e. The van der Waals surface area contributed by atoms with Crippen molar-refractivity contribution in [3.8, 4) is 0 Å². The van der Waals surface area contributed by atoms with Crippen LogP contribution in [0.15, 0.2) is 91.0 Å². The second-order valence-electron chi connectivity index (χ2n) is 9.87. The monoisotopic (exact) mass is 490 g/mol. The lowest BCUT2D eigenvalue weighted by Gasteiger charge is -2.19. The normalized spacial score (nSPS) is 13.9. The van der Waals surface area contributed by atoms with E-state index in [1.807, 2.05) is 66.7 Å². The van der Waals surface area contributed by atoms with Crippen LogP contribution < -0.4 is 0 Å². The van der Waals surface area contributed by atoms with Crippen LogP contribution in [0.4, 0.5) is 0 Å². The molecule has 0 aliphatic carbocycles. The van der Waals surface area contributed by atoms with Gasteiger partial charge in [0.2, 0.25) is 0 Å². The lowest BCUT2D eigenvalue weighted by atomic mass is 9.88. The minimum absolute atomic E-state index is 0.118. The SMILES string of the molecule is Cc1c(C(O)c2ccccc2)[nH]c(C(c2ccccc2)c2[nH]c(C(O)c3ccccc3)c(C)c2C)c1C. The van der Waals surface area contributed by atoms with Gasteiger partial charge >= 0.3 is 0 Å². The van der Waals surface area contributed by atoms with Gasteiger partial charge in [-0.3, -0.25) is 0 Å². The molecule has 2 unspecified atom stereocenters. The summed E-state index contributed by atoms with van der Waals surface area (Å²) in [6.45, 7) is 8.36. The Morgan fingerprint density at radius 1 is 0.432 bits per heavy atom. The van der Waals surface area contributed by atoms with Crippen LogP contribution in [0.2, 0.25) is 0 Å². The average molecular weight is 491 g/mol. The zero-order chi connectivity index (χ0) is 26.1. The molecule has 5 aromatic rings. The van der Waals surface area contributed by atoms with Crippen LogP contribution in [-0.2, 0) is 0 Å². The predicted molar refractivity (Wildman–Crippen MR) is 149 cm³/mol. The van der Waals surface area contributed by atoms with Crippen molar-refractivity contribution in [3.63, 3.8) is 0 Å². The number of aliphatic hydroxyl groups excluding tert-OH is 2. The predicted octanol–water partition coefficient (Wildman–Crippen LogP) is 6.92. The minimum atomic E-state index is -0.744. The van der Waals surface area contributed by atoms with Crippen molar-refractivity contribution >= 4 is 0 Å². The van der Waals surface area contributed by atoms with Gasteiger partial charge in [-0.05, 0) is 66.6 Å². The fourth-order valence-electron chi connectivity index (χ4n) is 5.32. The van der Waals surface area contributed by atoms with Gasteiger partial charge in [0.05, 0.1) is 17.3 Å². The number of H-pyrrole nitrogens is 2. The summed E-state index contributed by atoms with van der Waals surface area (Å²) in [6.07, 6.45) is -1.49. The maximum atomic E-state index is 11.3. The van der Waals surface area contributed by atoms with Crippen LogP contribution in [0.1, 0.15) is 79.8 Å². The molecular formula is C33H34N2O2. The molecule has 188 valence electrons. The summed E-state index contributed by atoms with van der Waals surface area (Å²) in [6, 6.07) is 29.9. The van der Waals surface area contributed by atoms with Crippen LogP contribution in [0.3, 0.4) is 0 Å². The Hall–Kier alpha value is -3.86. The van der Waals surface area contributed by atoms with Crippen molar-refractivity contribution in [2.24, 2.45) is 0 Å². The van der Waals surface area contributed by atoms with Gasteiger partial charge in [0.1, 0.15) is 12.2 Å². The molecule has 0 aliphatic heterocycles. The summed E-state index contributed by atoms with van der Waals surface area (Å²) in [5.74, 6) is -0.118. The van der Waals surface area contributed by atoms with Crippen LogP contribution in [0, 0.1) is 27.7 Å². The molecule has 37 heavy (non-hydrogen) atoms. The van der Waals surface area contributed by atoms with Gasteiger partial charge in [-0.2, -0.15) is 0 Å². The number of hydrogen-bond donors (Lipinski definition) is 4. The Morgan fingerprint density at radius 3 is 1.08 bits per heavy atom. The molecule has 4 heteroatoms. The highest BCUT2D eigenvalue weighted by molar-refractivity contribution is 5.52. The number of rotatable bonds is 7. The number of aromatic amines is 2. The van der Waals surface area contributed by atoms with Crippen molar-refractivity contribution < 1.29 is 10.2 Å². The van der Waals surface area contributed by atoms with E-state index in [0.29, 0.717) is 0 Å². The van der Waals surface area contributed by atoms with Crippen molar-refractivity contribution in [2.45, 2.75) is 45.8 Å². The number of nitrogens with one attached hydrogen (secondary N) is 2. The van der Waals surface area contributed by atoms with E-state index in [4.69, 9.17) is 0 Å². The highest BCUT2D eigenvalue weighted by atomic mass is 16.3. The third kappa shape index (κ3) is 4.55. The van der Waals surface area contributed by atoms with E-state index >= 15 is 0 Å². The van der Waals surface area contributed by atoms with Crippen molar-refractivity contribution in [1.82, 2.24) is 9.97 Å². The molecule has 0 spiro atoms. The first kappa shape index (κ1) is 24.8. The first-order valence-corrected chi connectivity index (χ1v) is 12.8. The van der Waals surface area contributed by atoms with Crippen LogP contribution >= 0.6 is 0 Å². The van der Waals surface area contributed by atoms with Gasteiger partial charge in [0.15, 0.2) is 0 Å². The first-order valence-electron chi connectivity index (χ1n) is 12.8. The maximum absolute atomic E-state index is 11.3. The highest BCUT2D eigenvalue weighted by Crippen LogP contribution is 2.40. The average Bonchev–Trinajstić information content (AvgIpc) is 3.40. The van der Waals surface area contributed by atoms with Crippen molar-refractivity contribution in [3.05, 3.63) is 153 Å². The lowest BCUT2D eigenvalue weighted by molar-refractivity contribution is 0.215. The Balaban J connectivity index is 1.65. The number of aliphatic hydroxyl groups is 2. The Labute approximate surface area is 218 Å². The molecule has 2 aromatic heterocycles. The van der Waals surface area contributed by atoms with Crippen LogP contribution in [-0.4, -0.2) is 20.2 Å². The summed E-state index contributed by atoms with van der Waals surface area (Å²) in [5, 5.41) is 22.5. The van der Waals surface area contributed by atoms with E-state index in [2.05, 4.69) is 61.9 Å². The second-order valence-corrected chi connectivity index (χ2v) is 9.87. The van der Waals surface area contributed by atoms with E-state index in [1.54, 1.807) is 0 Å². The van der Waals surface area contributed by atoms with Crippen molar-refractivity contribution in [2.75, 3.05) is 0 Å². The first-order chi connectivity index (χ1) is 17.9. The molecule has 0 fully saturated rings. The molecule has 4 N–H and O–H groups in total. The molecular weight excluding hydrogens is 456 g/mol. The fraction of sp³-hybridized carbons (Fsp3) is 0.212. The van der Waals surface area contributed by atoms with E-state index in [1.165, 1.54) is 0 Å². The summed E-state index contributed by atoms with van der Waals surface area (Å²) in [5.41, 5.74) is 10.9. The molecule has 3 aromatic carbocycles. The molecule has 0 bridgehead atoms. The van der Waals surface area contributed by atoms with Gasteiger partial charge in [-0.1, -0.05) is 91.0 Å². The molecule has 2 heterocycles. The molecule has 5 rings (SSSR count). The third-order valence-electron chi connectivity index (χ3n) is 7.77. The van der Waals surface area contributed by atoms with Gasteiger partial charge in [-0.15, -0.1) is 0 Å². The van der Waals surface area contributed by atoms with E-state index in [0.717, 1.165) is 61.7 Å². The molecule has 0 radical (unpaired) electrons. The molecule has 4 nitrogen and oxygen atoms in total. The van der Waals surface area contributed by atoms with E-state index in [-0.39, 0.29) is 5.92 Å². The van der Waals surface area contributed by atoms with Gasteiger partial charge in [0, 0.05) is 11.4 Å². The summed E-state index contributed by atoms with van der Waals surface area (Å²) >= 11 is 0. The lowest BCUT2D eigenvalue weighted by Crippen LogP contribution is -2.09. The van der Waals surface area contributed by atoms with Crippen LogP contribution in [0.25, 0.3) is 0 Å². The van der Waals surface area contributed by atoms with Gasteiger partial charge < -0.3 is 20.2 Å². The standard InChI is InChI=1S/C33H34N2O2/c1-20-22(3)30(32(36)25-16-10-6-11-17-25)34-28(20)27(24-14-8-5-9-15-24)29-21(2)23(4)31(35-29)33(37)26-18-12-7-13-19-26/h5-19,27,32-37H,1-4H3. The number of hydrogen-bond acceptors (Lipinski definition) is 2. The molecule has 0 saturated carbocycles. The topological polar surface area (TPSA) is 72.0 Å². The summed E-state index contributed by atoms with van der Waals surface area (Å²) in [4.78, 5) is 7.26. The van der Waals surface area contributed by atoms with Crippen molar-refractivity contribution in [1.29, 1.82) is 0 Å². The molecule has 0 amide bonds. The second kappa shape index (κ2) is 10.3. The van der Waals surface area contributed by atoms with Gasteiger partial charge in [0.25, 0.3) is 0 Å². The smallest absolute Gasteiger partial charge is 0.119 e. The van der Waals surface area contributed by atoms with E-state index in [9.17, 15) is 10.2 Å². The minimum Gasteiger partial charge on any atom is -0.382 e. The van der Waals surface area contributed by atoms with Crippen LogP contribution in [0.5, 0.6) is 0 Å². The molecule has 2 atom stereocenters. The fourth-order valence-corrected chi connectivity index (χ4v) is 5.32. The number of aromatic nitrogens is 2. The van der Waals surface area contributed by atoms with E-state index < -0.39 is 12.2 Å². The molecule has 0 saturated heterocycles. The summed E-state index contributed by atoms with van der Waals surface area (Å²) in [7, 11) is 0. The maximum Gasteiger partial charge on any atom is 0.119 e. The Bertz CT molecular complexity index is 1390. The van der Waals surface area contributed by atoms with Gasteiger partial charge in [-0.25, -0.2) is 0 Å². The Morgan fingerprint density at radius 2 is 0.730 bits per heavy atom.